The summed E-state index contributed by atoms with van der Waals surface area (Å²) < 4.78 is 0. The van der Waals surface area contributed by atoms with Crippen LogP contribution in [0, 0.1) is 0 Å². The Morgan fingerprint density at radius 2 is 1.62 bits per heavy atom. The van der Waals surface area contributed by atoms with Gasteiger partial charge in [-0.3, -0.25) is 0 Å². The molecule has 2 aromatic carbocycles. The van der Waals surface area contributed by atoms with E-state index in [9.17, 15) is 10.2 Å². The molecule has 0 aromatic heterocycles. The Morgan fingerprint density at radius 3 is 2.25 bits per heavy atom. The van der Waals surface area contributed by atoms with E-state index in [1.54, 1.807) is 18.2 Å². The van der Waals surface area contributed by atoms with Gasteiger partial charge in [0.1, 0.15) is 0 Å². The Balaban J connectivity index is 2.50. The van der Waals surface area contributed by atoms with Crippen LogP contribution >= 0.6 is 0 Å². The molecule has 2 heteroatoms. The number of rotatable bonds is 2. The lowest BCUT2D eigenvalue weighted by Crippen LogP contribution is -1.80. The highest BCUT2D eigenvalue weighted by Crippen LogP contribution is 2.35. The zero-order chi connectivity index (χ0) is 11.5. The molecule has 0 saturated heterocycles. The fourth-order valence-electron chi connectivity index (χ4n) is 1.56. The Bertz CT molecular complexity index is 513. The third kappa shape index (κ3) is 1.77. The summed E-state index contributed by atoms with van der Waals surface area (Å²) in [6, 6.07) is 12.5. The zero-order valence-electron chi connectivity index (χ0n) is 8.72. The quantitative estimate of drug-likeness (QED) is 0.749. The number of phenols is 2. The molecular weight excluding hydrogens is 200 g/mol. The first-order valence-electron chi connectivity index (χ1n) is 4.96. The van der Waals surface area contributed by atoms with Crippen molar-refractivity contribution in [2.75, 3.05) is 0 Å². The average molecular weight is 212 g/mol. The van der Waals surface area contributed by atoms with Crippen LogP contribution in [0.25, 0.3) is 17.2 Å². The van der Waals surface area contributed by atoms with Crippen molar-refractivity contribution in [1.82, 2.24) is 0 Å². The number of benzene rings is 2. The highest BCUT2D eigenvalue weighted by atomic mass is 16.3. The van der Waals surface area contributed by atoms with E-state index < -0.39 is 0 Å². The van der Waals surface area contributed by atoms with Gasteiger partial charge >= 0.3 is 0 Å². The molecule has 0 saturated carbocycles. The molecule has 16 heavy (non-hydrogen) atoms. The summed E-state index contributed by atoms with van der Waals surface area (Å²) in [4.78, 5) is 0. The van der Waals surface area contributed by atoms with Crippen LogP contribution in [-0.2, 0) is 0 Å². The van der Waals surface area contributed by atoms with Crippen LogP contribution in [0.4, 0.5) is 0 Å². The van der Waals surface area contributed by atoms with Crippen LogP contribution in [0.3, 0.4) is 0 Å². The van der Waals surface area contributed by atoms with Gasteiger partial charge in [-0.25, -0.2) is 0 Å². The Kier molecular flexibility index (Phi) is 2.64. The molecule has 0 aliphatic heterocycles. The van der Waals surface area contributed by atoms with Gasteiger partial charge in [-0.15, -0.1) is 0 Å². The molecule has 0 unspecified atom stereocenters. The molecule has 0 radical (unpaired) electrons. The van der Waals surface area contributed by atoms with Crippen LogP contribution in [0.15, 0.2) is 49.0 Å². The molecule has 80 valence electrons. The number of phenolic OH excluding ortho intramolecular Hbond substituents is 2. The van der Waals surface area contributed by atoms with E-state index in [1.807, 2.05) is 24.3 Å². The Hall–Kier alpha value is -2.22. The second-order valence-electron chi connectivity index (χ2n) is 3.50. The molecule has 0 spiro atoms. The highest BCUT2D eigenvalue weighted by molar-refractivity contribution is 5.73. The predicted octanol–water partition coefficient (Wildman–Crippen LogP) is 3.41. The smallest absolute Gasteiger partial charge is 0.165 e. The van der Waals surface area contributed by atoms with Gasteiger partial charge in [0.15, 0.2) is 11.5 Å². The van der Waals surface area contributed by atoms with Crippen molar-refractivity contribution >= 4 is 6.08 Å². The van der Waals surface area contributed by atoms with Crippen molar-refractivity contribution in [3.8, 4) is 22.6 Å². The van der Waals surface area contributed by atoms with E-state index in [4.69, 9.17) is 0 Å². The minimum Gasteiger partial charge on any atom is -0.504 e. The van der Waals surface area contributed by atoms with Crippen molar-refractivity contribution in [3.63, 3.8) is 0 Å². The van der Waals surface area contributed by atoms with Crippen LogP contribution in [0.2, 0.25) is 0 Å². The predicted molar refractivity (Wildman–Crippen MR) is 65.3 cm³/mol. The number of hydrogen-bond acceptors (Lipinski definition) is 2. The number of hydrogen-bond donors (Lipinski definition) is 2. The van der Waals surface area contributed by atoms with Gasteiger partial charge in [0.05, 0.1) is 0 Å². The molecule has 0 atom stereocenters. The maximum atomic E-state index is 9.71. The fourth-order valence-corrected chi connectivity index (χ4v) is 1.56. The van der Waals surface area contributed by atoms with E-state index in [2.05, 4.69) is 6.58 Å². The van der Waals surface area contributed by atoms with Crippen LogP contribution in [0.5, 0.6) is 11.5 Å². The van der Waals surface area contributed by atoms with Gasteiger partial charge in [0, 0.05) is 5.56 Å². The van der Waals surface area contributed by atoms with Gasteiger partial charge in [0.25, 0.3) is 0 Å². The maximum Gasteiger partial charge on any atom is 0.165 e. The van der Waals surface area contributed by atoms with Gasteiger partial charge in [0.2, 0.25) is 0 Å². The molecule has 0 aliphatic carbocycles. The van der Waals surface area contributed by atoms with Crippen LogP contribution in [-0.4, -0.2) is 10.2 Å². The zero-order valence-corrected chi connectivity index (χ0v) is 8.72. The molecule has 0 aliphatic rings. The summed E-state index contributed by atoms with van der Waals surface area (Å²) in [7, 11) is 0. The molecule has 0 amide bonds. The van der Waals surface area contributed by atoms with Crippen LogP contribution < -0.4 is 0 Å². The lowest BCUT2D eigenvalue weighted by Gasteiger charge is -2.06. The summed E-state index contributed by atoms with van der Waals surface area (Å²) in [6.07, 6.45) is 1.76. The number of aromatic hydroxyl groups is 2. The van der Waals surface area contributed by atoms with Crippen LogP contribution in [0.1, 0.15) is 5.56 Å². The summed E-state index contributed by atoms with van der Waals surface area (Å²) in [5.41, 5.74) is 2.50. The summed E-state index contributed by atoms with van der Waals surface area (Å²) >= 11 is 0. The minimum absolute atomic E-state index is 0.0890. The topological polar surface area (TPSA) is 40.5 Å². The normalized spacial score (nSPS) is 10.0. The summed E-state index contributed by atoms with van der Waals surface area (Å²) in [5, 5.41) is 19.1. The monoisotopic (exact) mass is 212 g/mol. The second-order valence-corrected chi connectivity index (χ2v) is 3.50. The molecule has 2 rings (SSSR count). The van der Waals surface area contributed by atoms with Gasteiger partial charge < -0.3 is 10.2 Å². The van der Waals surface area contributed by atoms with Crippen molar-refractivity contribution in [1.29, 1.82) is 0 Å². The highest BCUT2D eigenvalue weighted by Gasteiger charge is 2.07. The molecular formula is C14H12O2. The Labute approximate surface area is 94.1 Å². The first kappa shape index (κ1) is 10.3. The fraction of sp³-hybridized carbons (Fsp3) is 0. The van der Waals surface area contributed by atoms with E-state index in [0.717, 1.165) is 11.1 Å². The standard InChI is InChI=1S/C14H12O2/c1-2-10-6-8-11(9-7-10)12-4-3-5-13(15)14(12)16/h2-9,15-16H,1H2. The largest absolute Gasteiger partial charge is 0.504 e. The SMILES string of the molecule is C=Cc1ccc(-c2cccc(O)c2O)cc1. The van der Waals surface area contributed by atoms with Crippen molar-refractivity contribution in [2.45, 2.75) is 0 Å². The third-order valence-corrected chi connectivity index (χ3v) is 2.47. The van der Waals surface area contributed by atoms with E-state index >= 15 is 0 Å². The van der Waals surface area contributed by atoms with Gasteiger partial charge in [-0.2, -0.15) is 0 Å². The van der Waals surface area contributed by atoms with E-state index in [1.165, 1.54) is 6.07 Å². The first-order valence-corrected chi connectivity index (χ1v) is 4.96. The van der Waals surface area contributed by atoms with Crippen molar-refractivity contribution in [3.05, 3.63) is 54.6 Å². The van der Waals surface area contributed by atoms with Gasteiger partial charge in [-0.1, -0.05) is 49.1 Å². The first-order chi connectivity index (χ1) is 7.72. The molecule has 2 aromatic rings. The lowest BCUT2D eigenvalue weighted by molar-refractivity contribution is 0.405. The van der Waals surface area contributed by atoms with Crippen molar-refractivity contribution < 1.29 is 10.2 Å². The maximum absolute atomic E-state index is 9.71. The molecule has 0 heterocycles. The summed E-state index contributed by atoms with van der Waals surface area (Å²) in [5.74, 6) is -0.195. The lowest BCUT2D eigenvalue weighted by atomic mass is 10.0. The molecule has 2 nitrogen and oxygen atoms in total. The third-order valence-electron chi connectivity index (χ3n) is 2.47. The van der Waals surface area contributed by atoms with Crippen molar-refractivity contribution in [2.24, 2.45) is 0 Å². The van der Waals surface area contributed by atoms with E-state index in [-0.39, 0.29) is 11.5 Å². The second kappa shape index (κ2) is 4.11. The minimum atomic E-state index is -0.106. The average Bonchev–Trinajstić information content (AvgIpc) is 2.33. The Morgan fingerprint density at radius 1 is 0.938 bits per heavy atom. The number of para-hydroxylation sites is 1. The molecule has 2 N–H and O–H groups in total. The van der Waals surface area contributed by atoms with E-state index in [0.29, 0.717) is 5.56 Å². The molecule has 0 fully saturated rings. The molecule has 0 bridgehead atoms. The summed E-state index contributed by atoms with van der Waals surface area (Å²) in [6.45, 7) is 3.68. The van der Waals surface area contributed by atoms with Gasteiger partial charge in [-0.05, 0) is 17.2 Å².